The van der Waals surface area contributed by atoms with Crippen LogP contribution < -0.4 is 5.32 Å². The Kier molecular flexibility index (Phi) is 7.60. The molecule has 0 aromatic rings. The summed E-state index contributed by atoms with van der Waals surface area (Å²) in [6.45, 7) is 2.99. The summed E-state index contributed by atoms with van der Waals surface area (Å²) < 4.78 is 4.97. The Morgan fingerprint density at radius 3 is 2.57 bits per heavy atom. The van der Waals surface area contributed by atoms with Crippen molar-refractivity contribution in [2.45, 2.75) is 26.2 Å². The second kappa shape index (κ2) is 9.46. The molecule has 2 N–H and O–H groups in total. The molecule has 8 nitrogen and oxygen atoms in total. The maximum absolute atomic E-state index is 12.2. The lowest BCUT2D eigenvalue weighted by molar-refractivity contribution is -0.150. The number of ether oxygens (including phenoxy) is 1. The summed E-state index contributed by atoms with van der Waals surface area (Å²) >= 11 is 0. The van der Waals surface area contributed by atoms with Crippen molar-refractivity contribution in [3.8, 4) is 6.07 Å². The van der Waals surface area contributed by atoms with Crippen molar-refractivity contribution >= 4 is 17.8 Å². The van der Waals surface area contributed by atoms with Crippen LogP contribution in [-0.2, 0) is 19.1 Å². The summed E-state index contributed by atoms with van der Waals surface area (Å²) in [6, 6.07) is 1.81. The van der Waals surface area contributed by atoms with Gasteiger partial charge in [-0.3, -0.25) is 14.4 Å². The van der Waals surface area contributed by atoms with Gasteiger partial charge in [0.15, 0.2) is 0 Å². The SMILES string of the molecule is CCOC(=O)C1CCN(C(=O)/C(C#N)=C\NCCC(=O)O)CC1. The molecule has 1 heterocycles. The third-order valence-electron chi connectivity index (χ3n) is 3.48. The lowest BCUT2D eigenvalue weighted by Crippen LogP contribution is -2.41. The highest BCUT2D eigenvalue weighted by Crippen LogP contribution is 2.19. The van der Waals surface area contributed by atoms with Crippen molar-refractivity contribution < 1.29 is 24.2 Å². The number of nitriles is 1. The average molecular weight is 323 g/mol. The van der Waals surface area contributed by atoms with E-state index in [1.54, 1.807) is 6.92 Å². The summed E-state index contributed by atoms with van der Waals surface area (Å²) in [6.07, 6.45) is 2.16. The molecule has 126 valence electrons. The first-order chi connectivity index (χ1) is 11.0. The van der Waals surface area contributed by atoms with E-state index in [2.05, 4.69) is 5.32 Å². The van der Waals surface area contributed by atoms with E-state index in [0.717, 1.165) is 0 Å². The van der Waals surface area contributed by atoms with E-state index in [4.69, 9.17) is 15.1 Å². The highest BCUT2D eigenvalue weighted by Gasteiger charge is 2.29. The van der Waals surface area contributed by atoms with Gasteiger partial charge in [-0.2, -0.15) is 5.26 Å². The first kappa shape index (κ1) is 18.5. The van der Waals surface area contributed by atoms with Crippen molar-refractivity contribution in [1.29, 1.82) is 5.26 Å². The first-order valence-electron chi connectivity index (χ1n) is 7.51. The molecular weight excluding hydrogens is 302 g/mol. The van der Waals surface area contributed by atoms with Gasteiger partial charge < -0.3 is 20.1 Å². The number of hydrogen-bond donors (Lipinski definition) is 2. The molecule has 0 bridgehead atoms. The van der Waals surface area contributed by atoms with Crippen LogP contribution in [0.25, 0.3) is 0 Å². The Morgan fingerprint density at radius 1 is 1.39 bits per heavy atom. The van der Waals surface area contributed by atoms with Crippen molar-refractivity contribution in [3.63, 3.8) is 0 Å². The van der Waals surface area contributed by atoms with Crippen LogP contribution in [0.2, 0.25) is 0 Å². The van der Waals surface area contributed by atoms with Gasteiger partial charge in [-0.15, -0.1) is 0 Å². The first-order valence-corrected chi connectivity index (χ1v) is 7.51. The summed E-state index contributed by atoms with van der Waals surface area (Å²) in [5, 5.41) is 20.2. The third-order valence-corrected chi connectivity index (χ3v) is 3.48. The maximum Gasteiger partial charge on any atom is 0.309 e. The Balaban J connectivity index is 2.50. The number of aliphatic carboxylic acids is 1. The van der Waals surface area contributed by atoms with Crippen molar-refractivity contribution in [2.24, 2.45) is 5.92 Å². The second-order valence-corrected chi connectivity index (χ2v) is 5.09. The zero-order chi connectivity index (χ0) is 17.2. The molecular formula is C15H21N3O5. The van der Waals surface area contributed by atoms with E-state index >= 15 is 0 Å². The van der Waals surface area contributed by atoms with Crippen molar-refractivity contribution in [3.05, 3.63) is 11.8 Å². The van der Waals surface area contributed by atoms with Crippen molar-refractivity contribution in [1.82, 2.24) is 10.2 Å². The van der Waals surface area contributed by atoms with Crippen LogP contribution in [0.3, 0.4) is 0 Å². The predicted molar refractivity (Wildman–Crippen MR) is 79.9 cm³/mol. The van der Waals surface area contributed by atoms with Gasteiger partial charge in [0, 0.05) is 25.8 Å². The van der Waals surface area contributed by atoms with Crippen LogP contribution in [0.5, 0.6) is 0 Å². The van der Waals surface area contributed by atoms with Gasteiger partial charge in [-0.1, -0.05) is 0 Å². The minimum absolute atomic E-state index is 0.0787. The molecule has 0 aromatic heterocycles. The monoisotopic (exact) mass is 323 g/mol. The molecule has 1 fully saturated rings. The summed E-state index contributed by atoms with van der Waals surface area (Å²) in [7, 11) is 0. The molecule has 8 heteroatoms. The smallest absolute Gasteiger partial charge is 0.309 e. The van der Waals surface area contributed by atoms with E-state index in [1.165, 1.54) is 11.1 Å². The zero-order valence-electron chi connectivity index (χ0n) is 13.1. The van der Waals surface area contributed by atoms with Crippen molar-refractivity contribution in [2.75, 3.05) is 26.2 Å². The van der Waals surface area contributed by atoms with E-state index in [1.807, 2.05) is 6.07 Å². The number of likely N-dealkylation sites (tertiary alicyclic amines) is 1. The van der Waals surface area contributed by atoms with Gasteiger partial charge in [0.25, 0.3) is 5.91 Å². The number of esters is 1. The van der Waals surface area contributed by atoms with Gasteiger partial charge >= 0.3 is 11.9 Å². The second-order valence-electron chi connectivity index (χ2n) is 5.09. The average Bonchev–Trinajstić information content (AvgIpc) is 2.54. The van der Waals surface area contributed by atoms with E-state index in [9.17, 15) is 14.4 Å². The van der Waals surface area contributed by atoms with Gasteiger partial charge in [0.2, 0.25) is 0 Å². The lowest BCUT2D eigenvalue weighted by Gasteiger charge is -2.30. The third kappa shape index (κ3) is 5.98. The molecule has 0 aliphatic carbocycles. The highest BCUT2D eigenvalue weighted by molar-refractivity contribution is 5.97. The summed E-state index contributed by atoms with van der Waals surface area (Å²) in [5.74, 6) is -1.83. The molecule has 0 unspecified atom stereocenters. The van der Waals surface area contributed by atoms with Gasteiger partial charge in [0.05, 0.1) is 18.9 Å². The van der Waals surface area contributed by atoms with E-state index in [-0.39, 0.29) is 30.4 Å². The number of carboxylic acid groups (broad SMARTS) is 1. The number of piperidine rings is 1. The number of carbonyl (C=O) groups excluding carboxylic acids is 2. The van der Waals surface area contributed by atoms with Crippen LogP contribution in [0.1, 0.15) is 26.2 Å². The summed E-state index contributed by atoms with van der Waals surface area (Å²) in [4.78, 5) is 35.8. The minimum Gasteiger partial charge on any atom is -0.481 e. The fraction of sp³-hybridized carbons (Fsp3) is 0.600. The number of rotatable bonds is 7. The number of hydrogen-bond acceptors (Lipinski definition) is 6. The molecule has 1 saturated heterocycles. The number of nitrogens with one attached hydrogen (secondary N) is 1. The topological polar surface area (TPSA) is 120 Å². The molecule has 1 amide bonds. The maximum atomic E-state index is 12.2. The van der Waals surface area contributed by atoms with Gasteiger partial charge in [-0.05, 0) is 19.8 Å². The van der Waals surface area contributed by atoms with E-state index in [0.29, 0.717) is 32.5 Å². The van der Waals surface area contributed by atoms with Crippen LogP contribution in [0, 0.1) is 17.2 Å². The van der Waals surface area contributed by atoms with Crippen LogP contribution >= 0.6 is 0 Å². The quantitative estimate of drug-likeness (QED) is 0.298. The lowest BCUT2D eigenvalue weighted by atomic mass is 9.96. The fourth-order valence-corrected chi connectivity index (χ4v) is 2.24. The highest BCUT2D eigenvalue weighted by atomic mass is 16.5. The molecule has 0 saturated carbocycles. The number of carboxylic acids is 1. The molecule has 23 heavy (non-hydrogen) atoms. The molecule has 0 aromatic carbocycles. The van der Waals surface area contributed by atoms with Gasteiger partial charge in [-0.25, -0.2) is 0 Å². The molecule has 1 aliphatic rings. The number of nitrogens with zero attached hydrogens (tertiary/aromatic N) is 2. The van der Waals surface area contributed by atoms with Gasteiger partial charge in [0.1, 0.15) is 11.6 Å². The Bertz CT molecular complexity index is 516. The standard InChI is InChI=1S/C15H21N3O5/c1-2-23-15(22)11-4-7-18(8-5-11)14(21)12(9-16)10-17-6-3-13(19)20/h10-11,17H,2-8H2,1H3,(H,19,20)/b12-10-. The fourth-order valence-electron chi connectivity index (χ4n) is 2.24. The Labute approximate surface area is 134 Å². The van der Waals surface area contributed by atoms with Crippen LogP contribution in [0.4, 0.5) is 0 Å². The normalized spacial score (nSPS) is 15.7. The Morgan fingerprint density at radius 2 is 2.04 bits per heavy atom. The zero-order valence-corrected chi connectivity index (χ0v) is 13.1. The van der Waals surface area contributed by atoms with E-state index < -0.39 is 11.9 Å². The molecule has 0 spiro atoms. The Hall–Kier alpha value is -2.56. The minimum atomic E-state index is -0.961. The number of carbonyl (C=O) groups is 3. The largest absolute Gasteiger partial charge is 0.481 e. The molecule has 0 atom stereocenters. The summed E-state index contributed by atoms with van der Waals surface area (Å²) in [5.41, 5.74) is -0.0787. The van der Waals surface area contributed by atoms with Crippen LogP contribution in [-0.4, -0.2) is 54.1 Å². The molecule has 1 rings (SSSR count). The molecule has 0 radical (unpaired) electrons. The van der Waals surface area contributed by atoms with Crippen LogP contribution in [0.15, 0.2) is 11.8 Å². The number of amides is 1. The predicted octanol–water partition coefficient (Wildman–Crippen LogP) is 0.260. The molecule has 1 aliphatic heterocycles.